The van der Waals surface area contributed by atoms with E-state index in [-0.39, 0.29) is 18.2 Å². The van der Waals surface area contributed by atoms with Gasteiger partial charge in [0.1, 0.15) is 0 Å². The Hall–Kier alpha value is -1.79. The first-order chi connectivity index (χ1) is 11.3. The van der Waals surface area contributed by atoms with E-state index in [0.29, 0.717) is 23.6 Å². The van der Waals surface area contributed by atoms with Crippen molar-refractivity contribution in [2.45, 2.75) is 24.8 Å². The van der Waals surface area contributed by atoms with Crippen LogP contribution in [-0.4, -0.2) is 56.0 Å². The summed E-state index contributed by atoms with van der Waals surface area (Å²) < 4.78 is 16.1. The van der Waals surface area contributed by atoms with E-state index >= 15 is 0 Å². The molecule has 1 saturated heterocycles. The minimum atomic E-state index is -0.0529. The number of morpholine rings is 1. The van der Waals surface area contributed by atoms with Gasteiger partial charge in [-0.1, -0.05) is 0 Å². The van der Waals surface area contributed by atoms with Gasteiger partial charge in [-0.2, -0.15) is 0 Å². The number of nitrogens with zero attached hydrogens (tertiary/aromatic N) is 1. The van der Waals surface area contributed by atoms with Gasteiger partial charge < -0.3 is 19.5 Å². The van der Waals surface area contributed by atoms with Crippen molar-refractivity contribution in [2.24, 2.45) is 0 Å². The lowest BCUT2D eigenvalue weighted by Gasteiger charge is -2.51. The van der Waals surface area contributed by atoms with Crippen LogP contribution in [0.3, 0.4) is 0 Å². The van der Waals surface area contributed by atoms with Gasteiger partial charge in [0, 0.05) is 30.7 Å². The van der Waals surface area contributed by atoms with E-state index < -0.39 is 0 Å². The molecule has 2 fully saturated rings. The number of fused-ring (bicyclic) bond motifs is 1. The summed E-state index contributed by atoms with van der Waals surface area (Å²) in [5.41, 5.74) is 0.737. The van der Waals surface area contributed by atoms with Crippen LogP contribution in [0, 0.1) is 0 Å². The fourth-order valence-electron chi connectivity index (χ4n) is 3.61. The Morgan fingerprint density at radius 1 is 1.17 bits per heavy atom. The van der Waals surface area contributed by atoms with Crippen LogP contribution in [0.2, 0.25) is 0 Å². The molecule has 23 heavy (non-hydrogen) atoms. The fraction of sp³-hybridized carbons (Fsp3) is 0.588. The van der Waals surface area contributed by atoms with E-state index in [1.165, 1.54) is 6.42 Å². The highest BCUT2D eigenvalue weighted by atomic mass is 16.7. The van der Waals surface area contributed by atoms with Gasteiger partial charge >= 0.3 is 0 Å². The molecule has 0 spiro atoms. The smallest absolute Gasteiger partial charge is 0.251 e. The molecular formula is C17H22N2O4. The van der Waals surface area contributed by atoms with Crippen molar-refractivity contribution >= 4 is 5.91 Å². The van der Waals surface area contributed by atoms with E-state index in [1.54, 1.807) is 18.2 Å². The van der Waals surface area contributed by atoms with Gasteiger partial charge in [0.25, 0.3) is 5.91 Å². The largest absolute Gasteiger partial charge is 0.454 e. The Bertz CT molecular complexity index is 594. The Balaban J connectivity index is 1.40. The van der Waals surface area contributed by atoms with Crippen LogP contribution >= 0.6 is 0 Å². The second-order valence-electron chi connectivity index (χ2n) is 6.43. The Morgan fingerprint density at radius 2 is 1.96 bits per heavy atom. The van der Waals surface area contributed by atoms with E-state index in [2.05, 4.69) is 10.2 Å². The molecule has 1 amide bonds. The predicted molar refractivity (Wildman–Crippen MR) is 83.9 cm³/mol. The normalized spacial score (nSPS) is 22.4. The molecule has 2 aliphatic heterocycles. The first kappa shape index (κ1) is 14.8. The van der Waals surface area contributed by atoms with Gasteiger partial charge in [0.05, 0.1) is 13.2 Å². The molecule has 1 N–H and O–H groups in total. The van der Waals surface area contributed by atoms with Crippen molar-refractivity contribution in [3.63, 3.8) is 0 Å². The molecule has 6 heteroatoms. The molecule has 0 radical (unpaired) electrons. The number of carbonyl (C=O) groups excluding carboxylic acids is 1. The lowest BCUT2D eigenvalue weighted by molar-refractivity contribution is -0.0540. The zero-order chi connectivity index (χ0) is 15.7. The van der Waals surface area contributed by atoms with Crippen LogP contribution in [0.1, 0.15) is 29.6 Å². The van der Waals surface area contributed by atoms with Gasteiger partial charge in [-0.25, -0.2) is 0 Å². The van der Waals surface area contributed by atoms with Crippen LogP contribution in [-0.2, 0) is 4.74 Å². The Labute approximate surface area is 135 Å². The summed E-state index contributed by atoms with van der Waals surface area (Å²) in [4.78, 5) is 14.9. The molecule has 0 bridgehead atoms. The lowest BCUT2D eigenvalue weighted by Crippen LogP contribution is -2.62. The predicted octanol–water partition coefficient (Wildman–Crippen LogP) is 1.40. The first-order valence-corrected chi connectivity index (χ1v) is 8.28. The average molecular weight is 318 g/mol. The van der Waals surface area contributed by atoms with E-state index in [4.69, 9.17) is 14.2 Å². The SMILES string of the molecule is O=C(NCC1(N2CCOCC2)CCC1)c1ccc2c(c1)OCO2. The number of hydrogen-bond donors (Lipinski definition) is 1. The van der Waals surface area contributed by atoms with Crippen LogP contribution < -0.4 is 14.8 Å². The molecule has 1 aromatic rings. The third-order valence-corrected chi connectivity index (χ3v) is 5.18. The molecular weight excluding hydrogens is 296 g/mol. The maximum atomic E-state index is 12.5. The van der Waals surface area contributed by atoms with Crippen LogP contribution in [0.4, 0.5) is 0 Å². The highest BCUT2D eigenvalue weighted by Gasteiger charge is 2.43. The zero-order valence-corrected chi connectivity index (χ0v) is 13.2. The summed E-state index contributed by atoms with van der Waals surface area (Å²) in [7, 11) is 0. The van der Waals surface area contributed by atoms with Crippen molar-refractivity contribution in [1.82, 2.24) is 10.2 Å². The number of carbonyl (C=O) groups is 1. The standard InChI is InChI=1S/C17H22N2O4/c20-16(13-2-3-14-15(10-13)23-12-22-14)18-11-17(4-1-5-17)19-6-8-21-9-7-19/h2-3,10H,1,4-9,11-12H2,(H,18,20). The van der Waals surface area contributed by atoms with E-state index in [9.17, 15) is 4.79 Å². The van der Waals surface area contributed by atoms with Gasteiger partial charge in [0.2, 0.25) is 6.79 Å². The van der Waals surface area contributed by atoms with E-state index in [0.717, 1.165) is 39.1 Å². The maximum Gasteiger partial charge on any atom is 0.251 e. The molecule has 0 atom stereocenters. The minimum Gasteiger partial charge on any atom is -0.454 e. The van der Waals surface area contributed by atoms with Gasteiger partial charge in [-0.15, -0.1) is 0 Å². The lowest BCUT2D eigenvalue weighted by atomic mass is 9.75. The monoisotopic (exact) mass is 318 g/mol. The van der Waals surface area contributed by atoms with Crippen LogP contribution in [0.15, 0.2) is 18.2 Å². The van der Waals surface area contributed by atoms with Gasteiger partial charge in [-0.05, 0) is 37.5 Å². The van der Waals surface area contributed by atoms with Crippen molar-refractivity contribution in [2.75, 3.05) is 39.6 Å². The number of amides is 1. The molecule has 4 rings (SSSR count). The second-order valence-corrected chi connectivity index (χ2v) is 6.43. The number of benzene rings is 1. The molecule has 3 aliphatic rings. The number of hydrogen-bond acceptors (Lipinski definition) is 5. The van der Waals surface area contributed by atoms with E-state index in [1.807, 2.05) is 0 Å². The molecule has 1 aromatic carbocycles. The first-order valence-electron chi connectivity index (χ1n) is 8.28. The molecule has 124 valence electrons. The minimum absolute atomic E-state index is 0.0529. The van der Waals surface area contributed by atoms with Gasteiger partial charge in [0.15, 0.2) is 11.5 Å². The zero-order valence-electron chi connectivity index (χ0n) is 13.2. The summed E-state index contributed by atoms with van der Waals surface area (Å²) in [5, 5.41) is 3.11. The van der Waals surface area contributed by atoms with Crippen molar-refractivity contribution in [3.8, 4) is 11.5 Å². The molecule has 0 unspecified atom stereocenters. The Kier molecular flexibility index (Phi) is 3.87. The summed E-state index contributed by atoms with van der Waals surface area (Å²) in [6.45, 7) is 4.41. The summed E-state index contributed by atoms with van der Waals surface area (Å²) in [6.07, 6.45) is 3.53. The van der Waals surface area contributed by atoms with Crippen molar-refractivity contribution in [3.05, 3.63) is 23.8 Å². The van der Waals surface area contributed by atoms with Gasteiger partial charge in [-0.3, -0.25) is 9.69 Å². The highest BCUT2D eigenvalue weighted by molar-refractivity contribution is 5.95. The third kappa shape index (κ3) is 2.77. The molecule has 2 heterocycles. The third-order valence-electron chi connectivity index (χ3n) is 5.18. The number of nitrogens with one attached hydrogen (secondary N) is 1. The number of ether oxygens (including phenoxy) is 3. The summed E-state index contributed by atoms with van der Waals surface area (Å²) in [5.74, 6) is 1.29. The van der Waals surface area contributed by atoms with Crippen LogP contribution in [0.5, 0.6) is 11.5 Å². The van der Waals surface area contributed by atoms with Crippen molar-refractivity contribution in [1.29, 1.82) is 0 Å². The quantitative estimate of drug-likeness (QED) is 0.909. The van der Waals surface area contributed by atoms with Crippen molar-refractivity contribution < 1.29 is 19.0 Å². The fourth-order valence-corrected chi connectivity index (χ4v) is 3.61. The average Bonchev–Trinajstić information content (AvgIpc) is 3.02. The van der Waals surface area contributed by atoms with Crippen LogP contribution in [0.25, 0.3) is 0 Å². The molecule has 0 aromatic heterocycles. The molecule has 1 aliphatic carbocycles. The maximum absolute atomic E-state index is 12.5. The number of rotatable bonds is 4. The summed E-state index contributed by atoms with van der Waals surface area (Å²) in [6, 6.07) is 5.32. The molecule has 1 saturated carbocycles. The Morgan fingerprint density at radius 3 is 2.70 bits per heavy atom. The highest BCUT2D eigenvalue weighted by Crippen LogP contribution is 2.38. The summed E-state index contributed by atoms with van der Waals surface area (Å²) >= 11 is 0. The second kappa shape index (κ2) is 6.02. The molecule has 6 nitrogen and oxygen atoms in total. The topological polar surface area (TPSA) is 60.0 Å².